The van der Waals surface area contributed by atoms with Crippen molar-refractivity contribution >= 4 is 39.1 Å². The summed E-state index contributed by atoms with van der Waals surface area (Å²) in [6.07, 6.45) is -3.46. The molecule has 164 valence electrons. The number of benzene rings is 1. The molecule has 0 saturated heterocycles. The lowest BCUT2D eigenvalue weighted by Gasteiger charge is -2.11. The number of nitrogens with one attached hydrogen (secondary N) is 1. The average molecular weight is 464 g/mol. The van der Waals surface area contributed by atoms with Crippen molar-refractivity contribution in [3.8, 4) is 17.1 Å². The van der Waals surface area contributed by atoms with Crippen molar-refractivity contribution in [3.05, 3.63) is 57.6 Å². The fraction of sp³-hybridized carbons (Fsp3) is 0.111. The summed E-state index contributed by atoms with van der Waals surface area (Å²) < 4.78 is 43.0. The number of hydrogen-bond acceptors (Lipinski definition) is 8. The number of nitro groups is 1. The first-order valence-corrected chi connectivity index (χ1v) is 9.54. The lowest BCUT2D eigenvalue weighted by molar-refractivity contribution is -0.380. The van der Waals surface area contributed by atoms with E-state index < -0.39 is 22.9 Å². The van der Waals surface area contributed by atoms with Crippen molar-refractivity contribution in [3.63, 3.8) is 0 Å². The molecule has 10 nitrogen and oxygen atoms in total. The zero-order valence-electron chi connectivity index (χ0n) is 16.0. The minimum absolute atomic E-state index is 0.0150. The third kappa shape index (κ3) is 4.34. The number of rotatable bonds is 5. The molecule has 32 heavy (non-hydrogen) atoms. The lowest BCUT2D eigenvalue weighted by atomic mass is 10.2. The van der Waals surface area contributed by atoms with E-state index in [0.717, 1.165) is 12.1 Å². The number of alkyl halides is 3. The molecule has 1 amide bonds. The Morgan fingerprint density at radius 3 is 2.72 bits per heavy atom. The summed E-state index contributed by atoms with van der Waals surface area (Å²) >= 11 is 0.688. The smallest absolute Gasteiger partial charge is 0.406 e. The third-order valence-corrected chi connectivity index (χ3v) is 5.18. The minimum Gasteiger partial charge on any atom is -0.406 e. The maximum atomic E-state index is 12.6. The SMILES string of the molecule is Cn1ncc2c(NC(=O)c3ccc([N+](=O)[O-])s3)nc(-c3cccc(OC(F)(F)F)c3)nc21. The molecule has 1 N–H and O–H groups in total. The largest absolute Gasteiger partial charge is 0.573 e. The summed E-state index contributed by atoms with van der Waals surface area (Å²) in [6, 6.07) is 7.58. The molecular formula is C18H11F3N6O4S. The molecule has 0 fully saturated rings. The average Bonchev–Trinajstić information content (AvgIpc) is 3.35. The van der Waals surface area contributed by atoms with Gasteiger partial charge in [-0.2, -0.15) is 5.10 Å². The molecule has 1 aromatic carbocycles. The molecule has 3 aromatic heterocycles. The number of halogens is 3. The van der Waals surface area contributed by atoms with Crippen LogP contribution in [0.15, 0.2) is 42.6 Å². The molecule has 0 saturated carbocycles. The molecule has 0 radical (unpaired) electrons. The molecule has 0 bridgehead atoms. The van der Waals surface area contributed by atoms with Gasteiger partial charge in [0.25, 0.3) is 5.91 Å². The molecule has 0 aliphatic heterocycles. The van der Waals surface area contributed by atoms with Gasteiger partial charge in [-0.25, -0.2) is 9.97 Å². The molecule has 14 heteroatoms. The summed E-state index contributed by atoms with van der Waals surface area (Å²) in [6.45, 7) is 0. The van der Waals surface area contributed by atoms with Crippen LogP contribution in [-0.2, 0) is 7.05 Å². The van der Waals surface area contributed by atoms with Crippen LogP contribution < -0.4 is 10.1 Å². The van der Waals surface area contributed by atoms with Crippen LogP contribution in [0.2, 0.25) is 0 Å². The van der Waals surface area contributed by atoms with Crippen molar-refractivity contribution in [2.75, 3.05) is 5.32 Å². The highest BCUT2D eigenvalue weighted by atomic mass is 32.1. The second-order valence-corrected chi connectivity index (χ2v) is 7.39. The molecule has 4 rings (SSSR count). The minimum atomic E-state index is -4.87. The number of thiophene rings is 1. The molecule has 4 aromatic rings. The standard InChI is InChI=1S/C18H11F3N6O4S/c1-26-16-11(8-22-26)15(25-17(28)12-5-6-13(32-12)27(29)30)23-14(24-16)9-3-2-4-10(7-9)31-18(19,20)21/h2-8H,1H3,(H,23,24,25,28). The maximum absolute atomic E-state index is 12.6. The summed E-state index contributed by atoms with van der Waals surface area (Å²) in [4.78, 5) is 31.5. The van der Waals surface area contributed by atoms with E-state index in [-0.39, 0.29) is 27.1 Å². The number of hydrogen-bond donors (Lipinski definition) is 1. The van der Waals surface area contributed by atoms with Crippen LogP contribution in [0.25, 0.3) is 22.4 Å². The number of aryl methyl sites for hydroxylation is 1. The van der Waals surface area contributed by atoms with Crippen LogP contribution in [0, 0.1) is 10.1 Å². The van der Waals surface area contributed by atoms with E-state index in [1.807, 2.05) is 0 Å². The third-order valence-electron chi connectivity index (χ3n) is 4.15. The molecular weight excluding hydrogens is 453 g/mol. The van der Waals surface area contributed by atoms with Gasteiger partial charge in [-0.15, -0.1) is 13.2 Å². The van der Waals surface area contributed by atoms with Crippen LogP contribution in [0.3, 0.4) is 0 Å². The maximum Gasteiger partial charge on any atom is 0.573 e. The highest BCUT2D eigenvalue weighted by molar-refractivity contribution is 7.17. The topological polar surface area (TPSA) is 125 Å². The normalized spacial score (nSPS) is 11.5. The number of carbonyl (C=O) groups is 1. The van der Waals surface area contributed by atoms with E-state index >= 15 is 0 Å². The molecule has 0 unspecified atom stereocenters. The van der Waals surface area contributed by atoms with Crippen molar-refractivity contribution in [1.29, 1.82) is 0 Å². The van der Waals surface area contributed by atoms with E-state index in [9.17, 15) is 28.1 Å². The number of ether oxygens (including phenoxy) is 1. The van der Waals surface area contributed by atoms with E-state index in [1.54, 1.807) is 7.05 Å². The lowest BCUT2D eigenvalue weighted by Crippen LogP contribution is -2.17. The fourth-order valence-electron chi connectivity index (χ4n) is 2.80. The number of anilines is 1. The van der Waals surface area contributed by atoms with Gasteiger partial charge in [0, 0.05) is 18.7 Å². The highest BCUT2D eigenvalue weighted by Crippen LogP contribution is 2.30. The Morgan fingerprint density at radius 1 is 1.25 bits per heavy atom. The quantitative estimate of drug-likeness (QED) is 0.347. The zero-order valence-corrected chi connectivity index (χ0v) is 16.8. The fourth-order valence-corrected chi connectivity index (χ4v) is 3.51. The van der Waals surface area contributed by atoms with Gasteiger partial charge in [-0.3, -0.25) is 19.6 Å². The monoisotopic (exact) mass is 464 g/mol. The summed E-state index contributed by atoms with van der Waals surface area (Å²) in [5, 5.41) is 17.7. The second kappa shape index (κ2) is 7.88. The Hall–Kier alpha value is -4.07. The number of fused-ring (bicyclic) bond motifs is 1. The second-order valence-electron chi connectivity index (χ2n) is 6.33. The van der Waals surface area contributed by atoms with Crippen molar-refractivity contribution in [1.82, 2.24) is 19.7 Å². The van der Waals surface area contributed by atoms with Crippen LogP contribution in [0.4, 0.5) is 24.0 Å². The predicted molar refractivity (Wildman–Crippen MR) is 107 cm³/mol. The van der Waals surface area contributed by atoms with E-state index in [4.69, 9.17) is 0 Å². The van der Waals surface area contributed by atoms with Crippen LogP contribution in [-0.4, -0.2) is 36.9 Å². The molecule has 0 atom stereocenters. The summed E-state index contributed by atoms with van der Waals surface area (Å²) in [7, 11) is 1.59. The van der Waals surface area contributed by atoms with Gasteiger partial charge in [-0.1, -0.05) is 23.5 Å². The van der Waals surface area contributed by atoms with Gasteiger partial charge in [0.05, 0.1) is 21.4 Å². The first-order valence-electron chi connectivity index (χ1n) is 8.72. The van der Waals surface area contributed by atoms with Crippen molar-refractivity contribution < 1.29 is 27.6 Å². The Kier molecular flexibility index (Phi) is 5.22. The molecule has 0 spiro atoms. The van der Waals surface area contributed by atoms with Crippen LogP contribution >= 0.6 is 11.3 Å². The van der Waals surface area contributed by atoms with Gasteiger partial charge in [0.15, 0.2) is 11.5 Å². The van der Waals surface area contributed by atoms with Gasteiger partial charge < -0.3 is 10.1 Å². The number of carbonyl (C=O) groups excluding carboxylic acids is 1. The summed E-state index contributed by atoms with van der Waals surface area (Å²) in [5.41, 5.74) is 0.515. The van der Waals surface area contributed by atoms with Crippen molar-refractivity contribution in [2.45, 2.75) is 6.36 Å². The van der Waals surface area contributed by atoms with E-state index in [0.29, 0.717) is 22.4 Å². The van der Waals surface area contributed by atoms with Gasteiger partial charge in [0.1, 0.15) is 11.6 Å². The zero-order chi connectivity index (χ0) is 23.0. The predicted octanol–water partition coefficient (Wildman–Crippen LogP) is 4.15. The molecule has 3 heterocycles. The Balaban J connectivity index is 1.73. The first kappa shape index (κ1) is 21.2. The van der Waals surface area contributed by atoms with E-state index in [1.165, 1.54) is 35.1 Å². The Bertz CT molecular complexity index is 1350. The first-order chi connectivity index (χ1) is 15.1. The molecule has 0 aliphatic rings. The van der Waals surface area contributed by atoms with Gasteiger partial charge >= 0.3 is 11.4 Å². The summed E-state index contributed by atoms with van der Waals surface area (Å²) in [5.74, 6) is -1.05. The number of amides is 1. The van der Waals surface area contributed by atoms with Gasteiger partial charge in [-0.05, 0) is 18.2 Å². The number of aromatic nitrogens is 4. The van der Waals surface area contributed by atoms with Crippen molar-refractivity contribution in [2.24, 2.45) is 7.05 Å². The van der Waals surface area contributed by atoms with Gasteiger partial charge in [0.2, 0.25) is 0 Å². The highest BCUT2D eigenvalue weighted by Gasteiger charge is 2.31. The Morgan fingerprint density at radius 2 is 2.03 bits per heavy atom. The number of nitrogens with zero attached hydrogens (tertiary/aromatic N) is 5. The van der Waals surface area contributed by atoms with E-state index in [2.05, 4.69) is 25.1 Å². The van der Waals surface area contributed by atoms with Crippen LogP contribution in [0.5, 0.6) is 5.75 Å². The Labute approximate surface area is 180 Å². The molecule has 0 aliphatic carbocycles. The van der Waals surface area contributed by atoms with Crippen LogP contribution in [0.1, 0.15) is 9.67 Å².